The van der Waals surface area contributed by atoms with Crippen LogP contribution in [0.1, 0.15) is 76.4 Å². The number of aromatic hydroxyl groups is 3. The summed E-state index contributed by atoms with van der Waals surface area (Å²) in [7, 11) is 0. The topological polar surface area (TPSA) is 127 Å². The van der Waals surface area contributed by atoms with Crippen LogP contribution in [-0.4, -0.2) is 48.8 Å². The molecule has 3 rings (SSSR count). The van der Waals surface area contributed by atoms with E-state index in [0.29, 0.717) is 17.1 Å². The van der Waals surface area contributed by atoms with E-state index in [9.17, 15) is 29.7 Å². The Morgan fingerprint density at radius 1 is 0.525 bits per heavy atom. The minimum absolute atomic E-state index is 0. The molecule has 0 bridgehead atoms. The third-order valence-electron chi connectivity index (χ3n) is 6.50. The maximum Gasteiger partial charge on any atom is 0.223 e. The Labute approximate surface area is 249 Å². The molecule has 3 aromatic rings. The van der Waals surface area contributed by atoms with E-state index in [0.717, 1.165) is 58.2 Å². The van der Waals surface area contributed by atoms with Crippen molar-refractivity contribution in [2.75, 3.05) is 0 Å². The van der Waals surface area contributed by atoms with Crippen LogP contribution in [0.25, 0.3) is 0 Å². The standard InChI is InChI=1S/3C10H15NO2.Ga/c3*1-3-4-6-11-7-5-9(12)10(13)8(11)2;/h3*5,7,13H,3-4,6H2,1-2H3;. The Morgan fingerprint density at radius 2 is 0.750 bits per heavy atom. The molecule has 0 unspecified atom stereocenters. The van der Waals surface area contributed by atoms with E-state index < -0.39 is 0 Å². The van der Waals surface area contributed by atoms with Gasteiger partial charge in [0.2, 0.25) is 16.3 Å². The first-order valence-corrected chi connectivity index (χ1v) is 13.7. The van der Waals surface area contributed by atoms with Gasteiger partial charge in [-0.2, -0.15) is 0 Å². The average molecular weight is 613 g/mol. The largest absolute Gasteiger partial charge is 0.503 e. The molecular weight excluding hydrogens is 568 g/mol. The van der Waals surface area contributed by atoms with Gasteiger partial charge in [-0.15, -0.1) is 0 Å². The van der Waals surface area contributed by atoms with Crippen LogP contribution in [0.15, 0.2) is 51.2 Å². The number of unbranched alkanes of at least 4 members (excludes halogenated alkanes) is 3. The first-order valence-electron chi connectivity index (χ1n) is 13.7. The monoisotopic (exact) mass is 612 g/mol. The Morgan fingerprint density at radius 3 is 0.950 bits per heavy atom. The van der Waals surface area contributed by atoms with Crippen LogP contribution in [0.2, 0.25) is 0 Å². The molecule has 0 aliphatic rings. The van der Waals surface area contributed by atoms with Gasteiger partial charge in [-0.1, -0.05) is 40.0 Å². The van der Waals surface area contributed by atoms with Gasteiger partial charge in [0, 0.05) is 76.2 Å². The van der Waals surface area contributed by atoms with Gasteiger partial charge in [-0.05, 0) is 40.0 Å². The Balaban J connectivity index is 0.000000563. The average Bonchev–Trinajstić information content (AvgIpc) is 2.93. The molecule has 0 aromatic carbocycles. The van der Waals surface area contributed by atoms with E-state index in [2.05, 4.69) is 20.8 Å². The summed E-state index contributed by atoms with van der Waals surface area (Å²) in [5, 5.41) is 28.1. The zero-order valence-electron chi connectivity index (χ0n) is 24.8. The maximum absolute atomic E-state index is 11.0. The van der Waals surface area contributed by atoms with Crippen LogP contribution in [0.5, 0.6) is 17.2 Å². The van der Waals surface area contributed by atoms with Crippen LogP contribution in [-0.2, 0) is 19.6 Å². The molecule has 10 heteroatoms. The minimum atomic E-state index is -0.301. The predicted octanol–water partition coefficient (Wildman–Crippen LogP) is 4.61. The van der Waals surface area contributed by atoms with E-state index in [4.69, 9.17) is 0 Å². The summed E-state index contributed by atoms with van der Waals surface area (Å²) in [4.78, 5) is 33.0. The van der Waals surface area contributed by atoms with Gasteiger partial charge in [0.05, 0.1) is 17.1 Å². The molecule has 0 aliphatic heterocycles. The first kappa shape index (κ1) is 36.9. The SMILES string of the molecule is CCCCn1ccc(=O)c(O)c1C.CCCCn1ccc(=O)c(O)c1C.CCCCn1ccc(=O)c(O)c1C.[Ga]. The van der Waals surface area contributed by atoms with E-state index in [1.807, 2.05) is 13.7 Å². The quantitative estimate of drug-likeness (QED) is 0.303. The van der Waals surface area contributed by atoms with Gasteiger partial charge in [-0.25, -0.2) is 0 Å². The van der Waals surface area contributed by atoms with Crippen LogP contribution < -0.4 is 16.3 Å². The molecule has 0 spiro atoms. The molecule has 9 nitrogen and oxygen atoms in total. The van der Waals surface area contributed by atoms with Crippen molar-refractivity contribution in [3.63, 3.8) is 0 Å². The molecule has 219 valence electrons. The second kappa shape index (κ2) is 19.0. The van der Waals surface area contributed by atoms with E-state index in [1.54, 1.807) is 39.4 Å². The summed E-state index contributed by atoms with van der Waals surface area (Å²) in [5.74, 6) is -0.379. The van der Waals surface area contributed by atoms with Crippen LogP contribution in [0.4, 0.5) is 0 Å². The molecule has 3 heterocycles. The summed E-state index contributed by atoms with van der Waals surface area (Å²) in [6, 6.07) is 4.20. The van der Waals surface area contributed by atoms with E-state index in [1.165, 1.54) is 18.2 Å². The fraction of sp³-hybridized carbons (Fsp3) is 0.500. The predicted molar refractivity (Wildman–Crippen MR) is 162 cm³/mol. The van der Waals surface area contributed by atoms with Crippen molar-refractivity contribution >= 4 is 19.8 Å². The molecule has 0 saturated heterocycles. The normalized spacial score (nSPS) is 10.1. The fourth-order valence-corrected chi connectivity index (χ4v) is 3.70. The Bertz CT molecular complexity index is 1200. The van der Waals surface area contributed by atoms with Crippen molar-refractivity contribution in [2.24, 2.45) is 0 Å². The van der Waals surface area contributed by atoms with Gasteiger partial charge in [-0.3, -0.25) is 14.4 Å². The number of aryl methyl sites for hydroxylation is 3. The number of pyridine rings is 3. The van der Waals surface area contributed by atoms with Crippen molar-refractivity contribution < 1.29 is 15.3 Å². The smallest absolute Gasteiger partial charge is 0.223 e. The van der Waals surface area contributed by atoms with Crippen molar-refractivity contribution in [2.45, 2.75) is 99.7 Å². The van der Waals surface area contributed by atoms with Gasteiger partial charge < -0.3 is 29.0 Å². The Kier molecular flexibility index (Phi) is 17.6. The third kappa shape index (κ3) is 11.2. The van der Waals surface area contributed by atoms with Gasteiger partial charge in [0.15, 0.2) is 17.2 Å². The van der Waals surface area contributed by atoms with Gasteiger partial charge in [0.1, 0.15) is 0 Å². The second-order valence-electron chi connectivity index (χ2n) is 9.48. The molecule has 3 aromatic heterocycles. The zero-order chi connectivity index (χ0) is 29.5. The van der Waals surface area contributed by atoms with Crippen molar-refractivity contribution in [3.8, 4) is 17.2 Å². The molecule has 0 fully saturated rings. The number of hydrogen-bond donors (Lipinski definition) is 3. The van der Waals surface area contributed by atoms with Crippen LogP contribution in [0.3, 0.4) is 0 Å². The molecule has 0 atom stereocenters. The van der Waals surface area contributed by atoms with Crippen molar-refractivity contribution in [1.29, 1.82) is 0 Å². The second-order valence-corrected chi connectivity index (χ2v) is 9.48. The Hall–Kier alpha value is -3.11. The van der Waals surface area contributed by atoms with Gasteiger partial charge in [0.25, 0.3) is 0 Å². The van der Waals surface area contributed by atoms with E-state index >= 15 is 0 Å². The molecule has 3 N–H and O–H groups in total. The van der Waals surface area contributed by atoms with Crippen LogP contribution in [0, 0.1) is 20.8 Å². The number of aromatic nitrogens is 3. The molecule has 0 aliphatic carbocycles. The molecule has 0 saturated carbocycles. The molecule has 40 heavy (non-hydrogen) atoms. The summed E-state index contributed by atoms with van der Waals surface area (Å²) in [6.07, 6.45) is 11.7. The fourth-order valence-electron chi connectivity index (χ4n) is 3.70. The maximum atomic E-state index is 11.0. The minimum Gasteiger partial charge on any atom is -0.503 e. The van der Waals surface area contributed by atoms with E-state index in [-0.39, 0.29) is 53.3 Å². The number of nitrogens with zero attached hydrogens (tertiary/aromatic N) is 3. The summed E-state index contributed by atoms with van der Waals surface area (Å²) >= 11 is 0. The number of hydrogen-bond acceptors (Lipinski definition) is 6. The van der Waals surface area contributed by atoms with Crippen molar-refractivity contribution in [1.82, 2.24) is 13.7 Å². The molecular formula is C30H45GaN3O6. The third-order valence-corrected chi connectivity index (χ3v) is 6.50. The summed E-state index contributed by atoms with van der Waals surface area (Å²) in [6.45, 7) is 14.2. The zero-order valence-corrected chi connectivity index (χ0v) is 27.2. The molecule has 3 radical (unpaired) electrons. The van der Waals surface area contributed by atoms with Crippen LogP contribution >= 0.6 is 0 Å². The van der Waals surface area contributed by atoms with Crippen molar-refractivity contribution in [3.05, 3.63) is 84.5 Å². The number of rotatable bonds is 9. The molecule has 0 amide bonds. The van der Waals surface area contributed by atoms with Gasteiger partial charge >= 0.3 is 0 Å². The first-order chi connectivity index (χ1) is 18.5. The summed E-state index contributed by atoms with van der Waals surface area (Å²) < 4.78 is 5.71. The summed E-state index contributed by atoms with van der Waals surface area (Å²) in [5.41, 5.74) is 1.06.